The number of carbonyl (C=O) groups excluding carboxylic acids is 1. The third-order valence-electron chi connectivity index (χ3n) is 5.18. The minimum absolute atomic E-state index is 0.0933. The molecule has 0 bridgehead atoms. The van der Waals surface area contributed by atoms with E-state index in [-0.39, 0.29) is 23.0 Å². The summed E-state index contributed by atoms with van der Waals surface area (Å²) in [6.07, 6.45) is -4.57. The monoisotopic (exact) mass is 498 g/mol. The molecule has 2 unspecified atom stereocenters. The van der Waals surface area contributed by atoms with Gasteiger partial charge in [0.2, 0.25) is 0 Å². The summed E-state index contributed by atoms with van der Waals surface area (Å²) < 4.78 is 45.6. The van der Waals surface area contributed by atoms with Crippen LogP contribution in [0.2, 0.25) is 0 Å². The van der Waals surface area contributed by atoms with Crippen molar-refractivity contribution < 1.29 is 22.7 Å². The van der Waals surface area contributed by atoms with Gasteiger partial charge in [-0.05, 0) is 56.7 Å². The van der Waals surface area contributed by atoms with Gasteiger partial charge in [-0.2, -0.15) is 23.7 Å². The largest absolute Gasteiger partial charge is 0.463 e. The van der Waals surface area contributed by atoms with Crippen molar-refractivity contribution in [2.75, 3.05) is 11.5 Å². The second-order valence-electron chi connectivity index (χ2n) is 7.54. The fourth-order valence-corrected chi connectivity index (χ4v) is 4.42. The molecule has 0 spiro atoms. The highest BCUT2D eigenvalue weighted by Gasteiger charge is 2.37. The minimum Gasteiger partial charge on any atom is -0.463 e. The van der Waals surface area contributed by atoms with E-state index in [1.165, 1.54) is 17.0 Å². The number of anilines is 1. The highest BCUT2D eigenvalue weighted by Crippen LogP contribution is 2.41. The van der Waals surface area contributed by atoms with Gasteiger partial charge in [0, 0.05) is 11.4 Å². The maximum atomic E-state index is 13.4. The lowest BCUT2D eigenvalue weighted by Gasteiger charge is -2.35. The van der Waals surface area contributed by atoms with Gasteiger partial charge in [0.1, 0.15) is 6.04 Å². The van der Waals surface area contributed by atoms with Crippen LogP contribution in [-0.2, 0) is 15.7 Å². The Morgan fingerprint density at radius 2 is 1.91 bits per heavy atom. The first-order chi connectivity index (χ1) is 16.6. The van der Waals surface area contributed by atoms with Gasteiger partial charge in [0.25, 0.3) is 0 Å². The summed E-state index contributed by atoms with van der Waals surface area (Å²) in [4.78, 5) is 19.2. The number of esters is 1. The molecule has 0 saturated carbocycles. The van der Waals surface area contributed by atoms with Crippen molar-refractivity contribution in [1.29, 1.82) is 10.5 Å². The van der Waals surface area contributed by atoms with E-state index in [1.54, 1.807) is 45.0 Å². The first kappa shape index (κ1) is 25.9. The van der Waals surface area contributed by atoms with Crippen molar-refractivity contribution in [3.63, 3.8) is 0 Å². The van der Waals surface area contributed by atoms with Crippen LogP contribution in [0.5, 0.6) is 0 Å². The number of halogens is 3. The number of hydrogen-bond donors (Lipinski definition) is 0. The average Bonchev–Trinajstić information content (AvgIpc) is 2.83. The summed E-state index contributed by atoms with van der Waals surface area (Å²) >= 11 is 1.07. The molecule has 1 aliphatic rings. The fourth-order valence-electron chi connectivity index (χ4n) is 3.54. The van der Waals surface area contributed by atoms with E-state index >= 15 is 0 Å². The van der Waals surface area contributed by atoms with Crippen LogP contribution in [0.25, 0.3) is 0 Å². The molecule has 6 nitrogen and oxygen atoms in total. The van der Waals surface area contributed by atoms with E-state index in [4.69, 9.17) is 15.0 Å². The number of rotatable bonds is 5. The second kappa shape index (κ2) is 10.7. The van der Waals surface area contributed by atoms with Crippen LogP contribution in [0.1, 0.15) is 43.5 Å². The maximum Gasteiger partial charge on any atom is 0.416 e. The van der Waals surface area contributed by atoms with Gasteiger partial charge in [-0.25, -0.2) is 9.79 Å². The highest BCUT2D eigenvalue weighted by atomic mass is 32.2. The number of alkyl halides is 3. The Hall–Kier alpha value is -3.76. The number of thioether (sulfide) groups is 1. The van der Waals surface area contributed by atoms with E-state index in [0.717, 1.165) is 23.9 Å². The van der Waals surface area contributed by atoms with Crippen LogP contribution < -0.4 is 4.90 Å². The van der Waals surface area contributed by atoms with Crippen molar-refractivity contribution in [2.24, 2.45) is 4.99 Å². The van der Waals surface area contributed by atoms with Gasteiger partial charge in [0.15, 0.2) is 5.17 Å². The molecular weight excluding hydrogens is 477 g/mol. The Morgan fingerprint density at radius 1 is 1.23 bits per heavy atom. The van der Waals surface area contributed by atoms with Crippen LogP contribution in [0.4, 0.5) is 18.9 Å². The normalized spacial score (nSPS) is 16.7. The molecule has 0 N–H and O–H groups in total. The highest BCUT2D eigenvalue weighted by molar-refractivity contribution is 8.14. The Morgan fingerprint density at radius 3 is 2.49 bits per heavy atom. The predicted molar refractivity (Wildman–Crippen MR) is 127 cm³/mol. The number of benzene rings is 2. The SMILES string of the molecule is CCOC(=O)C1=C(C)N(c2cccc(C(F)(F)F)c2)C(SC(C)C#N)=NC1c1ccc(C#N)cc1. The molecule has 35 heavy (non-hydrogen) atoms. The van der Waals surface area contributed by atoms with Crippen molar-refractivity contribution >= 4 is 28.6 Å². The van der Waals surface area contributed by atoms with Crippen molar-refractivity contribution in [2.45, 2.75) is 38.2 Å². The lowest BCUT2D eigenvalue weighted by molar-refractivity contribution is -0.139. The summed E-state index contributed by atoms with van der Waals surface area (Å²) in [5.41, 5.74) is 0.798. The first-order valence-corrected chi connectivity index (χ1v) is 11.5. The van der Waals surface area contributed by atoms with Crippen molar-refractivity contribution in [1.82, 2.24) is 0 Å². The molecule has 1 heterocycles. The van der Waals surface area contributed by atoms with E-state index in [1.807, 2.05) is 6.07 Å². The third-order valence-corrected chi connectivity index (χ3v) is 6.13. The summed E-state index contributed by atoms with van der Waals surface area (Å²) in [6, 6.07) is 14.5. The summed E-state index contributed by atoms with van der Waals surface area (Å²) in [5.74, 6) is -0.655. The molecule has 10 heteroatoms. The summed E-state index contributed by atoms with van der Waals surface area (Å²) in [7, 11) is 0. The number of aliphatic imine (C=N–C) groups is 1. The number of hydrogen-bond acceptors (Lipinski definition) is 7. The van der Waals surface area contributed by atoms with E-state index in [2.05, 4.69) is 6.07 Å². The minimum atomic E-state index is -4.57. The number of allylic oxidation sites excluding steroid dienone is 1. The number of carbonyl (C=O) groups is 1. The lowest BCUT2D eigenvalue weighted by Crippen LogP contribution is -2.36. The molecule has 2 atom stereocenters. The summed E-state index contributed by atoms with van der Waals surface area (Å²) in [5, 5.41) is 18.2. The average molecular weight is 499 g/mol. The first-order valence-electron chi connectivity index (χ1n) is 10.6. The Labute approximate surface area is 205 Å². The molecule has 180 valence electrons. The van der Waals surface area contributed by atoms with Gasteiger partial charge in [-0.1, -0.05) is 30.0 Å². The van der Waals surface area contributed by atoms with Gasteiger partial charge >= 0.3 is 12.1 Å². The Balaban J connectivity index is 2.24. The predicted octanol–water partition coefficient (Wildman–Crippen LogP) is 5.98. The van der Waals surface area contributed by atoms with Crippen LogP contribution in [0, 0.1) is 22.7 Å². The van der Waals surface area contributed by atoms with Gasteiger partial charge < -0.3 is 4.74 Å². The molecule has 2 aromatic carbocycles. The van der Waals surface area contributed by atoms with Crippen molar-refractivity contribution in [3.8, 4) is 12.1 Å². The summed E-state index contributed by atoms with van der Waals surface area (Å²) in [6.45, 7) is 5.00. The quantitative estimate of drug-likeness (QED) is 0.472. The number of nitriles is 2. The third kappa shape index (κ3) is 5.67. The zero-order chi connectivity index (χ0) is 25.8. The smallest absolute Gasteiger partial charge is 0.416 e. The number of amidine groups is 1. The standard InChI is InChI=1S/C25H21F3N4O2S/c1-4-34-23(33)21-16(3)32(20-7-5-6-19(12-20)25(26,27)28)24(35-15(2)13-29)31-22(21)18-10-8-17(14-30)9-11-18/h5-12,15,22H,4H2,1-3H3. The van der Waals surface area contributed by atoms with E-state index < -0.39 is 29.0 Å². The van der Waals surface area contributed by atoms with Crippen LogP contribution in [0.15, 0.2) is 64.8 Å². The fraction of sp³-hybridized carbons (Fsp3) is 0.280. The number of ether oxygens (including phenoxy) is 1. The van der Waals surface area contributed by atoms with Crippen LogP contribution in [0.3, 0.4) is 0 Å². The van der Waals surface area contributed by atoms with Crippen molar-refractivity contribution in [3.05, 3.63) is 76.5 Å². The van der Waals surface area contributed by atoms with E-state index in [9.17, 15) is 23.2 Å². The molecule has 0 aromatic heterocycles. The van der Waals surface area contributed by atoms with Gasteiger partial charge in [-0.3, -0.25) is 4.90 Å². The molecule has 1 aliphatic heterocycles. The lowest BCUT2D eigenvalue weighted by atomic mass is 9.95. The maximum absolute atomic E-state index is 13.4. The molecule has 2 aromatic rings. The van der Waals surface area contributed by atoms with E-state index in [0.29, 0.717) is 16.8 Å². The number of nitrogens with zero attached hydrogens (tertiary/aromatic N) is 4. The van der Waals surface area contributed by atoms with Gasteiger partial charge in [0.05, 0.1) is 40.7 Å². The molecule has 0 fully saturated rings. The molecule has 0 aliphatic carbocycles. The Bertz CT molecular complexity index is 1260. The Kier molecular flexibility index (Phi) is 7.88. The molecule has 3 rings (SSSR count). The van der Waals surface area contributed by atoms with Gasteiger partial charge in [-0.15, -0.1) is 0 Å². The topological polar surface area (TPSA) is 89.5 Å². The zero-order valence-electron chi connectivity index (χ0n) is 19.1. The van der Waals surface area contributed by atoms with Crippen LogP contribution in [-0.4, -0.2) is 23.0 Å². The zero-order valence-corrected chi connectivity index (χ0v) is 19.9. The van der Waals surface area contributed by atoms with Crippen LogP contribution >= 0.6 is 11.8 Å². The molecular formula is C25H21F3N4O2S. The molecule has 0 saturated heterocycles. The second-order valence-corrected chi connectivity index (χ2v) is 8.85. The molecule has 0 amide bonds. The molecule has 0 radical (unpaired) electrons.